The van der Waals surface area contributed by atoms with Gasteiger partial charge in [0.2, 0.25) is 0 Å². The van der Waals surface area contributed by atoms with Crippen LogP contribution in [0.15, 0.2) is 0 Å². The quantitative estimate of drug-likeness (QED) is 0.212. The number of nitrogens with zero attached hydrogens (tertiary/aromatic N) is 4. The van der Waals surface area contributed by atoms with E-state index in [1.165, 1.54) is 0 Å². The maximum Gasteiger partial charge on any atom is 0.264 e. The Balaban J connectivity index is 0.000000320. The summed E-state index contributed by atoms with van der Waals surface area (Å²) in [4.78, 5) is 8.72. The van der Waals surface area contributed by atoms with Crippen LogP contribution in [0, 0.1) is 0 Å². The molecule has 2 aliphatic heterocycles. The molecule has 0 amide bonds. The number of aliphatic hydroxyl groups excluding tert-OH is 2. The van der Waals surface area contributed by atoms with Crippen LogP contribution in [-0.4, -0.2) is 159 Å². The predicted molar refractivity (Wildman–Crippen MR) is 122 cm³/mol. The fourth-order valence-corrected chi connectivity index (χ4v) is 4.68. The molecule has 0 bridgehead atoms. The Morgan fingerprint density at radius 2 is 0.750 bits per heavy atom. The Hall–Kier alpha value is -0.420. The molecule has 4 N–H and O–H groups in total. The van der Waals surface area contributed by atoms with Gasteiger partial charge in [0.05, 0.1) is 24.7 Å². The van der Waals surface area contributed by atoms with E-state index in [9.17, 15) is 16.8 Å². The lowest BCUT2D eigenvalue weighted by molar-refractivity contribution is 0.113. The summed E-state index contributed by atoms with van der Waals surface area (Å²) in [5.41, 5.74) is 0. The van der Waals surface area contributed by atoms with E-state index < -0.39 is 20.2 Å². The molecule has 2 saturated heterocycles. The molecule has 0 aromatic carbocycles. The molecule has 2 aliphatic rings. The molecule has 0 aliphatic carbocycles. The maximum atomic E-state index is 10.5. The molecular formula is C18H40N4O8S2. The summed E-state index contributed by atoms with van der Waals surface area (Å²) in [5, 5.41) is 17.5. The van der Waals surface area contributed by atoms with Crippen LogP contribution in [0.3, 0.4) is 0 Å². The van der Waals surface area contributed by atoms with Crippen molar-refractivity contribution >= 4 is 20.2 Å². The molecule has 0 unspecified atom stereocenters. The van der Waals surface area contributed by atoms with Crippen LogP contribution in [0.25, 0.3) is 0 Å². The smallest absolute Gasteiger partial charge is 0.264 e. The first-order valence-electron chi connectivity index (χ1n) is 11.0. The van der Waals surface area contributed by atoms with Gasteiger partial charge in [-0.2, -0.15) is 16.8 Å². The Bertz CT molecular complexity index is 632. The van der Waals surface area contributed by atoms with Gasteiger partial charge in [0.1, 0.15) is 0 Å². The second-order valence-corrected chi connectivity index (χ2v) is 11.2. The Morgan fingerprint density at radius 3 is 0.969 bits per heavy atom. The minimum Gasteiger partial charge on any atom is -0.395 e. The normalized spacial score (nSPS) is 20.1. The Labute approximate surface area is 192 Å². The molecule has 2 heterocycles. The standard InChI is InChI=1S/2C9H20N2O4S/c2*12-8-7-11-5-3-10(4-6-11)2-1-9-16(13,14)15/h2*12H,1-9H2,(H,13,14,15). The van der Waals surface area contributed by atoms with E-state index in [1.54, 1.807) is 0 Å². The molecule has 12 nitrogen and oxygen atoms in total. The number of hydrogen-bond donors (Lipinski definition) is 4. The van der Waals surface area contributed by atoms with E-state index in [-0.39, 0.29) is 24.7 Å². The van der Waals surface area contributed by atoms with Crippen LogP contribution in [0.5, 0.6) is 0 Å². The van der Waals surface area contributed by atoms with Crippen molar-refractivity contribution in [2.24, 2.45) is 0 Å². The Kier molecular flexibility index (Phi) is 14.3. The largest absolute Gasteiger partial charge is 0.395 e. The van der Waals surface area contributed by atoms with E-state index in [1.807, 2.05) is 0 Å². The van der Waals surface area contributed by atoms with Crippen molar-refractivity contribution in [1.29, 1.82) is 0 Å². The molecule has 0 saturated carbocycles. The van der Waals surface area contributed by atoms with Crippen LogP contribution in [-0.2, 0) is 20.2 Å². The highest BCUT2D eigenvalue weighted by molar-refractivity contribution is 7.86. The first-order chi connectivity index (χ1) is 15.0. The monoisotopic (exact) mass is 504 g/mol. The number of β-amino-alcohol motifs (C(OH)–C–C–N with tert-alkyl or cyclic N) is 2. The summed E-state index contributed by atoms with van der Waals surface area (Å²) < 4.78 is 59.2. The van der Waals surface area contributed by atoms with Gasteiger partial charge in [-0.15, -0.1) is 0 Å². The molecule has 0 aromatic rings. The summed E-state index contributed by atoms with van der Waals surface area (Å²) in [6.45, 7) is 10.4. The molecule has 2 fully saturated rings. The average Bonchev–Trinajstić information content (AvgIpc) is 2.70. The van der Waals surface area contributed by atoms with Crippen LogP contribution >= 0.6 is 0 Å². The van der Waals surface area contributed by atoms with E-state index in [0.29, 0.717) is 39.0 Å². The van der Waals surface area contributed by atoms with Gasteiger partial charge in [-0.05, 0) is 25.9 Å². The minimum atomic E-state index is -3.81. The zero-order chi connectivity index (χ0) is 24.0. The molecular weight excluding hydrogens is 464 g/mol. The van der Waals surface area contributed by atoms with Gasteiger partial charge in [-0.1, -0.05) is 0 Å². The topological polar surface area (TPSA) is 162 Å². The van der Waals surface area contributed by atoms with E-state index >= 15 is 0 Å². The van der Waals surface area contributed by atoms with Gasteiger partial charge in [0, 0.05) is 65.4 Å². The van der Waals surface area contributed by atoms with Crippen molar-refractivity contribution in [3.05, 3.63) is 0 Å². The van der Waals surface area contributed by atoms with Gasteiger partial charge >= 0.3 is 0 Å². The highest BCUT2D eigenvalue weighted by Crippen LogP contribution is 2.03. The summed E-state index contributed by atoms with van der Waals surface area (Å²) in [5.74, 6) is -0.326. The summed E-state index contributed by atoms with van der Waals surface area (Å²) in [7, 11) is -7.63. The SMILES string of the molecule is O=S(=O)(O)CCCN1CCN(CCO)CC1.O=S(=O)(O)CCCN1CCN(CCO)CC1. The van der Waals surface area contributed by atoms with Crippen molar-refractivity contribution in [3.63, 3.8) is 0 Å². The van der Waals surface area contributed by atoms with Crippen molar-refractivity contribution in [2.45, 2.75) is 12.8 Å². The van der Waals surface area contributed by atoms with E-state index in [0.717, 1.165) is 52.4 Å². The van der Waals surface area contributed by atoms with Crippen molar-refractivity contribution in [1.82, 2.24) is 19.6 Å². The highest BCUT2D eigenvalue weighted by Gasteiger charge is 2.17. The molecule has 2 rings (SSSR count). The van der Waals surface area contributed by atoms with Gasteiger partial charge in [0.15, 0.2) is 0 Å². The third-order valence-corrected chi connectivity index (χ3v) is 7.12. The first kappa shape index (κ1) is 29.6. The molecule has 0 aromatic heterocycles. The van der Waals surface area contributed by atoms with Crippen LogP contribution in [0.4, 0.5) is 0 Å². The summed E-state index contributed by atoms with van der Waals surface area (Å²) in [6, 6.07) is 0. The third kappa shape index (κ3) is 15.4. The molecule has 0 spiro atoms. The number of piperazine rings is 2. The maximum absolute atomic E-state index is 10.5. The van der Waals surface area contributed by atoms with Crippen LogP contribution < -0.4 is 0 Å². The predicted octanol–water partition coefficient (Wildman–Crippen LogP) is -2.25. The number of hydrogen-bond acceptors (Lipinski definition) is 10. The second kappa shape index (κ2) is 15.5. The first-order valence-corrected chi connectivity index (χ1v) is 14.3. The van der Waals surface area contributed by atoms with Crippen LogP contribution in [0.1, 0.15) is 12.8 Å². The Morgan fingerprint density at radius 1 is 0.500 bits per heavy atom. The number of rotatable bonds is 12. The minimum absolute atomic E-state index is 0.163. The summed E-state index contributed by atoms with van der Waals surface area (Å²) in [6.07, 6.45) is 0.942. The molecule has 192 valence electrons. The zero-order valence-electron chi connectivity index (χ0n) is 18.8. The second-order valence-electron chi connectivity index (χ2n) is 8.09. The fourth-order valence-electron chi connectivity index (χ4n) is 3.70. The summed E-state index contributed by atoms with van der Waals surface area (Å²) >= 11 is 0. The molecule has 0 atom stereocenters. The fraction of sp³-hybridized carbons (Fsp3) is 1.00. The third-order valence-electron chi connectivity index (χ3n) is 5.52. The lowest BCUT2D eigenvalue weighted by Gasteiger charge is -2.34. The highest BCUT2D eigenvalue weighted by atomic mass is 32.2. The van der Waals surface area contributed by atoms with Gasteiger partial charge in [0.25, 0.3) is 20.2 Å². The van der Waals surface area contributed by atoms with Crippen molar-refractivity contribution < 1.29 is 36.2 Å². The van der Waals surface area contributed by atoms with Crippen LogP contribution in [0.2, 0.25) is 0 Å². The zero-order valence-corrected chi connectivity index (χ0v) is 20.4. The number of aliphatic hydroxyl groups is 2. The van der Waals surface area contributed by atoms with Crippen molar-refractivity contribution in [3.8, 4) is 0 Å². The molecule has 0 radical (unpaired) electrons. The lowest BCUT2D eigenvalue weighted by Crippen LogP contribution is -2.47. The molecule has 32 heavy (non-hydrogen) atoms. The molecule has 14 heteroatoms. The van der Waals surface area contributed by atoms with Gasteiger partial charge < -0.3 is 20.0 Å². The lowest BCUT2D eigenvalue weighted by atomic mass is 10.3. The van der Waals surface area contributed by atoms with Gasteiger partial charge in [-0.3, -0.25) is 18.9 Å². The van der Waals surface area contributed by atoms with Crippen molar-refractivity contribution in [2.75, 3.05) is 103 Å². The van der Waals surface area contributed by atoms with Gasteiger partial charge in [-0.25, -0.2) is 0 Å². The average molecular weight is 505 g/mol. The van der Waals surface area contributed by atoms with E-state index in [4.69, 9.17) is 19.3 Å². The van der Waals surface area contributed by atoms with E-state index in [2.05, 4.69) is 19.6 Å².